The third kappa shape index (κ3) is 4.36. The van der Waals surface area contributed by atoms with Gasteiger partial charge in [-0.05, 0) is 37.3 Å². The number of carbonyl (C=O) groups is 1. The fraction of sp³-hybridized carbons (Fsp3) is 0.500. The van der Waals surface area contributed by atoms with E-state index in [1.165, 1.54) is 22.0 Å². The summed E-state index contributed by atoms with van der Waals surface area (Å²) in [6.45, 7) is 6.44. The number of H-pyrrole nitrogens is 1. The predicted molar refractivity (Wildman–Crippen MR) is 107 cm³/mol. The van der Waals surface area contributed by atoms with Gasteiger partial charge in [0, 0.05) is 49.2 Å². The number of aromatic amines is 1. The number of hydrogen-bond donors (Lipinski definition) is 4. The molecule has 1 amide bonds. The number of nitrogens with one attached hydrogen (secondary N) is 4. The maximum atomic E-state index is 11.3. The van der Waals surface area contributed by atoms with Gasteiger partial charge in [0.1, 0.15) is 0 Å². The van der Waals surface area contributed by atoms with Gasteiger partial charge in [-0.15, -0.1) is 0 Å². The predicted octanol–water partition coefficient (Wildman–Crippen LogP) is 2.11. The molecule has 2 heterocycles. The van der Waals surface area contributed by atoms with Crippen molar-refractivity contribution in [1.82, 2.24) is 20.9 Å². The number of guanidine groups is 1. The smallest absolute Gasteiger partial charge is 0.220 e. The standard InChI is InChI=1S/C20H29N5O/c1-3-14-6-5-7-17-15(12-24-19(14)17)10-11-22-20(21-4-2)25-16-8-9-18(26)23-13-16/h5-7,12,16,24H,3-4,8-11,13H2,1-2H3,(H,23,26)(H2,21,22,25). The van der Waals surface area contributed by atoms with E-state index >= 15 is 0 Å². The molecular weight excluding hydrogens is 326 g/mol. The lowest BCUT2D eigenvalue weighted by molar-refractivity contribution is -0.122. The molecule has 6 nitrogen and oxygen atoms in total. The molecule has 140 valence electrons. The summed E-state index contributed by atoms with van der Waals surface area (Å²) in [6.07, 6.45) is 5.45. The van der Waals surface area contributed by atoms with Crippen LogP contribution in [0.2, 0.25) is 0 Å². The molecule has 3 rings (SSSR count). The van der Waals surface area contributed by atoms with E-state index in [4.69, 9.17) is 4.99 Å². The Morgan fingerprint density at radius 3 is 2.92 bits per heavy atom. The van der Waals surface area contributed by atoms with Gasteiger partial charge in [0.25, 0.3) is 0 Å². The maximum Gasteiger partial charge on any atom is 0.220 e. The van der Waals surface area contributed by atoms with Gasteiger partial charge in [-0.2, -0.15) is 0 Å². The molecule has 0 spiro atoms. The summed E-state index contributed by atoms with van der Waals surface area (Å²) in [7, 11) is 0. The van der Waals surface area contributed by atoms with Crippen LogP contribution < -0.4 is 16.0 Å². The molecule has 4 N–H and O–H groups in total. The van der Waals surface area contributed by atoms with Crippen molar-refractivity contribution in [3.8, 4) is 0 Å². The van der Waals surface area contributed by atoms with Gasteiger partial charge in [-0.3, -0.25) is 9.79 Å². The molecule has 1 aromatic carbocycles. The highest BCUT2D eigenvalue weighted by atomic mass is 16.1. The summed E-state index contributed by atoms with van der Waals surface area (Å²) in [5.41, 5.74) is 3.91. The second-order valence-corrected chi connectivity index (χ2v) is 6.70. The number of hydrogen-bond acceptors (Lipinski definition) is 2. The average Bonchev–Trinajstić information content (AvgIpc) is 3.07. The van der Waals surface area contributed by atoms with Crippen molar-refractivity contribution < 1.29 is 4.79 Å². The Balaban J connectivity index is 1.62. The average molecular weight is 355 g/mol. The summed E-state index contributed by atoms with van der Waals surface area (Å²) >= 11 is 0. The Labute approximate surface area is 154 Å². The lowest BCUT2D eigenvalue weighted by Crippen LogP contribution is -2.51. The van der Waals surface area contributed by atoms with E-state index in [2.05, 4.69) is 59.2 Å². The maximum absolute atomic E-state index is 11.3. The first-order chi connectivity index (χ1) is 12.7. The number of rotatable bonds is 6. The van der Waals surface area contributed by atoms with E-state index in [1.807, 2.05) is 0 Å². The Morgan fingerprint density at radius 1 is 1.31 bits per heavy atom. The molecular formula is C20H29N5O. The van der Waals surface area contributed by atoms with Gasteiger partial charge in [-0.25, -0.2) is 0 Å². The van der Waals surface area contributed by atoms with Crippen molar-refractivity contribution in [2.24, 2.45) is 4.99 Å². The third-order valence-electron chi connectivity index (χ3n) is 4.87. The van der Waals surface area contributed by atoms with Crippen molar-refractivity contribution in [1.29, 1.82) is 0 Å². The summed E-state index contributed by atoms with van der Waals surface area (Å²) in [4.78, 5) is 19.4. The van der Waals surface area contributed by atoms with Crippen LogP contribution in [0.15, 0.2) is 29.4 Å². The molecule has 2 aromatic rings. The normalized spacial score (nSPS) is 18.0. The van der Waals surface area contributed by atoms with E-state index in [-0.39, 0.29) is 11.9 Å². The molecule has 1 atom stereocenters. The SMILES string of the molecule is CCNC(=NCCc1c[nH]c2c(CC)cccc12)NC1CCC(=O)NC1. The topological polar surface area (TPSA) is 81.3 Å². The number of amides is 1. The number of fused-ring (bicyclic) bond motifs is 1. The van der Waals surface area contributed by atoms with Crippen LogP contribution in [0.1, 0.15) is 37.8 Å². The van der Waals surface area contributed by atoms with Crippen molar-refractivity contribution in [2.75, 3.05) is 19.6 Å². The van der Waals surface area contributed by atoms with Crippen molar-refractivity contribution in [3.05, 3.63) is 35.5 Å². The van der Waals surface area contributed by atoms with Gasteiger partial charge in [-0.1, -0.05) is 25.1 Å². The molecule has 6 heteroatoms. The van der Waals surface area contributed by atoms with Crippen molar-refractivity contribution in [3.63, 3.8) is 0 Å². The molecule has 1 fully saturated rings. The third-order valence-corrected chi connectivity index (χ3v) is 4.87. The summed E-state index contributed by atoms with van der Waals surface area (Å²) < 4.78 is 0. The van der Waals surface area contributed by atoms with Crippen LogP contribution in [-0.4, -0.2) is 42.5 Å². The van der Waals surface area contributed by atoms with E-state index in [0.29, 0.717) is 13.0 Å². The lowest BCUT2D eigenvalue weighted by atomic mass is 10.1. The Morgan fingerprint density at radius 2 is 2.19 bits per heavy atom. The zero-order valence-corrected chi connectivity index (χ0v) is 15.7. The van der Waals surface area contributed by atoms with Gasteiger partial charge in [0.05, 0.1) is 0 Å². The van der Waals surface area contributed by atoms with Gasteiger partial charge in [0.15, 0.2) is 5.96 Å². The first-order valence-corrected chi connectivity index (χ1v) is 9.60. The number of piperidine rings is 1. The number of para-hydroxylation sites is 1. The molecule has 1 unspecified atom stereocenters. The summed E-state index contributed by atoms with van der Waals surface area (Å²) in [6, 6.07) is 6.73. The second-order valence-electron chi connectivity index (χ2n) is 6.70. The van der Waals surface area contributed by atoms with Crippen molar-refractivity contribution >= 4 is 22.8 Å². The number of aryl methyl sites for hydroxylation is 1. The van der Waals surface area contributed by atoms with E-state index < -0.39 is 0 Å². The highest BCUT2D eigenvalue weighted by molar-refractivity contribution is 5.86. The Hall–Kier alpha value is -2.50. The molecule has 1 saturated heterocycles. The molecule has 1 aliphatic heterocycles. The molecule has 1 aromatic heterocycles. The minimum absolute atomic E-state index is 0.135. The zero-order valence-electron chi connectivity index (χ0n) is 15.7. The number of aliphatic imine (C=N–C) groups is 1. The fourth-order valence-corrected chi connectivity index (χ4v) is 3.43. The highest BCUT2D eigenvalue weighted by Gasteiger charge is 2.18. The van der Waals surface area contributed by atoms with Crippen LogP contribution in [0.4, 0.5) is 0 Å². The van der Waals surface area contributed by atoms with Crippen LogP contribution in [0.5, 0.6) is 0 Å². The number of aromatic nitrogens is 1. The quantitative estimate of drug-likeness (QED) is 0.473. The number of benzene rings is 1. The summed E-state index contributed by atoms with van der Waals surface area (Å²) in [5, 5.41) is 10.9. The molecule has 0 aliphatic carbocycles. The molecule has 0 saturated carbocycles. The van der Waals surface area contributed by atoms with Crippen LogP contribution in [-0.2, 0) is 17.6 Å². The first-order valence-electron chi connectivity index (χ1n) is 9.60. The van der Waals surface area contributed by atoms with Gasteiger partial charge >= 0.3 is 0 Å². The van der Waals surface area contributed by atoms with Crippen molar-refractivity contribution in [2.45, 2.75) is 45.6 Å². The molecule has 0 bridgehead atoms. The minimum Gasteiger partial charge on any atom is -0.361 e. The first kappa shape index (κ1) is 18.3. The second kappa shape index (κ2) is 8.74. The number of nitrogens with zero attached hydrogens (tertiary/aromatic N) is 1. The Bertz CT molecular complexity index is 770. The van der Waals surface area contributed by atoms with E-state index in [9.17, 15) is 4.79 Å². The number of carbonyl (C=O) groups excluding carboxylic acids is 1. The molecule has 1 aliphatic rings. The fourth-order valence-electron chi connectivity index (χ4n) is 3.43. The van der Waals surface area contributed by atoms with E-state index in [0.717, 1.165) is 38.3 Å². The van der Waals surface area contributed by atoms with Gasteiger partial charge < -0.3 is 20.9 Å². The highest BCUT2D eigenvalue weighted by Crippen LogP contribution is 2.22. The van der Waals surface area contributed by atoms with Crippen LogP contribution in [0.25, 0.3) is 10.9 Å². The minimum atomic E-state index is 0.135. The monoisotopic (exact) mass is 355 g/mol. The lowest BCUT2D eigenvalue weighted by Gasteiger charge is -2.25. The van der Waals surface area contributed by atoms with Gasteiger partial charge in [0.2, 0.25) is 5.91 Å². The molecule has 26 heavy (non-hydrogen) atoms. The largest absolute Gasteiger partial charge is 0.361 e. The van der Waals surface area contributed by atoms with Crippen LogP contribution >= 0.6 is 0 Å². The summed E-state index contributed by atoms with van der Waals surface area (Å²) in [5.74, 6) is 0.957. The van der Waals surface area contributed by atoms with Crippen LogP contribution in [0.3, 0.4) is 0 Å². The Kier molecular flexibility index (Phi) is 6.15. The zero-order chi connectivity index (χ0) is 18.4. The molecule has 0 radical (unpaired) electrons. The van der Waals surface area contributed by atoms with E-state index in [1.54, 1.807) is 0 Å². The van der Waals surface area contributed by atoms with Crippen LogP contribution in [0, 0.1) is 0 Å².